The zero-order chi connectivity index (χ0) is 11.7. The van der Waals surface area contributed by atoms with Gasteiger partial charge < -0.3 is 0 Å². The predicted octanol–water partition coefficient (Wildman–Crippen LogP) is 3.64. The molecule has 2 nitrogen and oxygen atoms in total. The van der Waals surface area contributed by atoms with Gasteiger partial charge in [0.2, 0.25) is 0 Å². The van der Waals surface area contributed by atoms with Crippen LogP contribution in [-0.4, -0.2) is 18.0 Å². The summed E-state index contributed by atoms with van der Waals surface area (Å²) in [5, 5.41) is 0. The number of unbranched alkanes of at least 4 members (excludes halogenated alkanes) is 1. The minimum atomic E-state index is 0.206. The molecule has 88 valence electrons. The van der Waals surface area contributed by atoms with E-state index in [9.17, 15) is 4.79 Å². The number of aliphatic imine (C=N–C) groups is 1. The molecule has 0 radical (unpaired) electrons. The van der Waals surface area contributed by atoms with Crippen LogP contribution in [0.25, 0.3) is 0 Å². The second-order valence-corrected chi connectivity index (χ2v) is 4.37. The Balaban J connectivity index is 3.90. The molecule has 1 atom stereocenters. The van der Waals surface area contributed by atoms with Gasteiger partial charge in [0, 0.05) is 18.7 Å². The summed E-state index contributed by atoms with van der Waals surface area (Å²) in [5.41, 5.74) is 0.984. The Hall–Kier alpha value is -0.660. The van der Waals surface area contributed by atoms with E-state index in [1.54, 1.807) is 6.92 Å². The molecule has 0 aliphatic carbocycles. The van der Waals surface area contributed by atoms with Gasteiger partial charge in [-0.15, -0.1) is 0 Å². The van der Waals surface area contributed by atoms with Gasteiger partial charge in [-0.2, -0.15) is 0 Å². The van der Waals surface area contributed by atoms with Crippen molar-refractivity contribution in [2.45, 2.75) is 59.8 Å². The van der Waals surface area contributed by atoms with Gasteiger partial charge in [0.05, 0.1) is 0 Å². The van der Waals surface area contributed by atoms with Crippen LogP contribution < -0.4 is 0 Å². The molecule has 0 fully saturated rings. The van der Waals surface area contributed by atoms with Gasteiger partial charge in [0.1, 0.15) is 5.78 Å². The van der Waals surface area contributed by atoms with Crippen LogP contribution in [0.2, 0.25) is 0 Å². The Bertz CT molecular complexity index is 209. The SMILES string of the molecule is CCCCC(CC)C/N=C(\C)CC(C)=O. The number of carbonyl (C=O) groups is 1. The van der Waals surface area contributed by atoms with Crippen molar-refractivity contribution in [2.24, 2.45) is 10.9 Å². The second-order valence-electron chi connectivity index (χ2n) is 4.37. The van der Waals surface area contributed by atoms with Crippen LogP contribution in [-0.2, 0) is 4.79 Å². The van der Waals surface area contributed by atoms with Crippen molar-refractivity contribution in [3.05, 3.63) is 0 Å². The van der Waals surface area contributed by atoms with Gasteiger partial charge in [-0.3, -0.25) is 9.79 Å². The van der Waals surface area contributed by atoms with Crippen molar-refractivity contribution >= 4 is 11.5 Å². The van der Waals surface area contributed by atoms with Gasteiger partial charge in [0.15, 0.2) is 0 Å². The molecule has 0 aliphatic rings. The normalized spacial score (nSPS) is 14.0. The lowest BCUT2D eigenvalue weighted by molar-refractivity contribution is -0.115. The topological polar surface area (TPSA) is 29.4 Å². The molecule has 0 spiro atoms. The fraction of sp³-hybridized carbons (Fsp3) is 0.846. The Kier molecular flexibility index (Phi) is 8.25. The van der Waals surface area contributed by atoms with E-state index in [1.165, 1.54) is 25.7 Å². The van der Waals surface area contributed by atoms with Crippen molar-refractivity contribution in [1.29, 1.82) is 0 Å². The van der Waals surface area contributed by atoms with E-state index in [2.05, 4.69) is 18.8 Å². The van der Waals surface area contributed by atoms with Crippen LogP contribution in [0, 0.1) is 5.92 Å². The van der Waals surface area contributed by atoms with Crippen LogP contribution in [0.5, 0.6) is 0 Å². The summed E-state index contributed by atoms with van der Waals surface area (Å²) < 4.78 is 0. The number of hydrogen-bond acceptors (Lipinski definition) is 2. The molecule has 1 unspecified atom stereocenters. The van der Waals surface area contributed by atoms with E-state index in [-0.39, 0.29) is 5.78 Å². The molecular weight excluding hydrogens is 186 g/mol. The number of ketones is 1. The molecule has 0 rings (SSSR count). The largest absolute Gasteiger partial charge is 0.300 e. The molecule has 15 heavy (non-hydrogen) atoms. The van der Waals surface area contributed by atoms with E-state index >= 15 is 0 Å². The van der Waals surface area contributed by atoms with Crippen molar-refractivity contribution in [1.82, 2.24) is 0 Å². The molecule has 0 heterocycles. The molecule has 0 aliphatic heterocycles. The maximum atomic E-state index is 10.9. The summed E-state index contributed by atoms with van der Waals surface area (Å²) in [4.78, 5) is 15.3. The van der Waals surface area contributed by atoms with Crippen molar-refractivity contribution in [3.8, 4) is 0 Å². The highest BCUT2D eigenvalue weighted by Crippen LogP contribution is 2.12. The summed E-state index contributed by atoms with van der Waals surface area (Å²) >= 11 is 0. The third kappa shape index (κ3) is 8.34. The lowest BCUT2D eigenvalue weighted by atomic mass is 9.99. The number of hydrogen-bond donors (Lipinski definition) is 0. The minimum Gasteiger partial charge on any atom is -0.300 e. The van der Waals surface area contributed by atoms with Crippen LogP contribution in [0.1, 0.15) is 59.8 Å². The van der Waals surface area contributed by atoms with E-state index in [0.29, 0.717) is 12.3 Å². The number of carbonyl (C=O) groups excluding carboxylic acids is 1. The molecule has 0 saturated carbocycles. The molecule has 0 aromatic heterocycles. The van der Waals surface area contributed by atoms with Gasteiger partial charge >= 0.3 is 0 Å². The maximum absolute atomic E-state index is 10.9. The Morgan fingerprint density at radius 1 is 1.27 bits per heavy atom. The van der Waals surface area contributed by atoms with Gasteiger partial charge in [-0.05, 0) is 26.2 Å². The smallest absolute Gasteiger partial charge is 0.135 e. The molecule has 0 amide bonds. The lowest BCUT2D eigenvalue weighted by Crippen LogP contribution is -2.07. The first-order valence-corrected chi connectivity index (χ1v) is 6.09. The Morgan fingerprint density at radius 3 is 2.40 bits per heavy atom. The van der Waals surface area contributed by atoms with Gasteiger partial charge in [-0.25, -0.2) is 0 Å². The molecule has 0 aromatic carbocycles. The highest BCUT2D eigenvalue weighted by molar-refractivity contribution is 5.99. The summed E-state index contributed by atoms with van der Waals surface area (Å²) in [7, 11) is 0. The second kappa shape index (κ2) is 8.63. The van der Waals surface area contributed by atoms with Crippen molar-refractivity contribution in [3.63, 3.8) is 0 Å². The van der Waals surface area contributed by atoms with Crippen LogP contribution in [0.15, 0.2) is 4.99 Å². The average molecular weight is 211 g/mol. The monoisotopic (exact) mass is 211 g/mol. The molecule has 0 aromatic rings. The van der Waals surface area contributed by atoms with Crippen molar-refractivity contribution < 1.29 is 4.79 Å². The fourth-order valence-corrected chi connectivity index (χ4v) is 1.62. The lowest BCUT2D eigenvalue weighted by Gasteiger charge is -2.11. The standard InChI is InChI=1S/C13H25NO/c1-5-7-8-13(6-2)10-14-11(3)9-12(4)15/h13H,5-10H2,1-4H3/b14-11+. The number of rotatable bonds is 8. The zero-order valence-corrected chi connectivity index (χ0v) is 10.7. The summed E-state index contributed by atoms with van der Waals surface area (Å²) in [5.74, 6) is 0.907. The zero-order valence-electron chi connectivity index (χ0n) is 10.7. The Labute approximate surface area is 94.2 Å². The van der Waals surface area contributed by atoms with Gasteiger partial charge in [0.25, 0.3) is 0 Å². The van der Waals surface area contributed by atoms with E-state index in [1.807, 2.05) is 6.92 Å². The third-order valence-corrected chi connectivity index (χ3v) is 2.67. The third-order valence-electron chi connectivity index (χ3n) is 2.67. The van der Waals surface area contributed by atoms with Crippen LogP contribution in [0.3, 0.4) is 0 Å². The summed E-state index contributed by atoms with van der Waals surface area (Å²) in [6.07, 6.45) is 5.53. The number of nitrogens with zero attached hydrogens (tertiary/aromatic N) is 1. The average Bonchev–Trinajstić information content (AvgIpc) is 2.17. The molecular formula is C13H25NO. The first-order valence-electron chi connectivity index (χ1n) is 6.09. The molecule has 0 saturated heterocycles. The first-order chi connectivity index (χ1) is 7.10. The molecule has 0 bridgehead atoms. The molecule has 2 heteroatoms. The van der Waals surface area contributed by atoms with E-state index in [4.69, 9.17) is 0 Å². The highest BCUT2D eigenvalue weighted by atomic mass is 16.1. The van der Waals surface area contributed by atoms with Crippen LogP contribution in [0.4, 0.5) is 0 Å². The van der Waals surface area contributed by atoms with E-state index < -0.39 is 0 Å². The summed E-state index contributed by atoms with van der Waals surface area (Å²) in [6, 6.07) is 0. The van der Waals surface area contributed by atoms with E-state index in [0.717, 1.165) is 12.3 Å². The highest BCUT2D eigenvalue weighted by Gasteiger charge is 2.05. The minimum absolute atomic E-state index is 0.206. The van der Waals surface area contributed by atoms with Crippen LogP contribution >= 0.6 is 0 Å². The molecule has 0 N–H and O–H groups in total. The first kappa shape index (κ1) is 14.3. The Morgan fingerprint density at radius 2 is 1.93 bits per heavy atom. The quantitative estimate of drug-likeness (QED) is 0.564. The number of Topliss-reactive ketones (excluding diaryl/α,β-unsaturated/α-hetero) is 1. The fourth-order valence-electron chi connectivity index (χ4n) is 1.62. The van der Waals surface area contributed by atoms with Crippen molar-refractivity contribution in [2.75, 3.05) is 6.54 Å². The van der Waals surface area contributed by atoms with Gasteiger partial charge in [-0.1, -0.05) is 33.1 Å². The summed E-state index contributed by atoms with van der Waals surface area (Å²) in [6.45, 7) is 8.91. The maximum Gasteiger partial charge on any atom is 0.135 e. The predicted molar refractivity (Wildman–Crippen MR) is 66.6 cm³/mol.